The minimum Gasteiger partial charge on any atom is -0.411 e. The summed E-state index contributed by atoms with van der Waals surface area (Å²) in [5, 5.41) is 26.3. The van der Waals surface area contributed by atoms with E-state index in [9.17, 15) is 14.4 Å². The highest BCUT2D eigenvalue weighted by atomic mass is 19.1. The van der Waals surface area contributed by atoms with Gasteiger partial charge in [-0.1, -0.05) is 12.1 Å². The Morgan fingerprint density at radius 3 is 2.65 bits per heavy atom. The fraction of sp³-hybridized carbons (Fsp3) is 0.261. The summed E-state index contributed by atoms with van der Waals surface area (Å²) in [6.07, 6.45) is 2.99. The van der Waals surface area contributed by atoms with Gasteiger partial charge in [0, 0.05) is 28.9 Å². The first-order valence-electron chi connectivity index (χ1n) is 9.92. The van der Waals surface area contributed by atoms with E-state index in [-0.39, 0.29) is 12.3 Å². The monoisotopic (exact) mass is 417 g/mol. The molecule has 2 heterocycles. The Labute approximate surface area is 178 Å². The van der Waals surface area contributed by atoms with Crippen molar-refractivity contribution in [2.24, 2.45) is 11.1 Å². The van der Waals surface area contributed by atoms with Crippen molar-refractivity contribution >= 4 is 28.2 Å². The molecule has 1 saturated carbocycles. The lowest BCUT2D eigenvalue weighted by Crippen LogP contribution is -2.15. The van der Waals surface area contributed by atoms with Crippen molar-refractivity contribution < 1.29 is 14.4 Å². The van der Waals surface area contributed by atoms with Gasteiger partial charge < -0.3 is 10.5 Å². The number of hydrogen-bond donors (Lipinski definition) is 2. The van der Waals surface area contributed by atoms with Crippen molar-refractivity contribution in [3.05, 3.63) is 53.5 Å². The van der Waals surface area contributed by atoms with Crippen molar-refractivity contribution in [2.45, 2.75) is 32.9 Å². The maximum Gasteiger partial charge on any atom is 0.231 e. The number of carbonyl (C=O) groups excluding carboxylic acids is 1. The first-order chi connectivity index (χ1) is 14.9. The molecule has 31 heavy (non-hydrogen) atoms. The number of amides is 1. The predicted molar refractivity (Wildman–Crippen MR) is 115 cm³/mol. The topological polar surface area (TPSA) is 111 Å². The van der Waals surface area contributed by atoms with E-state index in [1.165, 1.54) is 0 Å². The zero-order valence-electron chi connectivity index (χ0n) is 17.1. The molecule has 1 aliphatic carbocycles. The van der Waals surface area contributed by atoms with Crippen molar-refractivity contribution in [2.75, 3.05) is 5.32 Å². The molecule has 7 nitrogen and oxygen atoms in total. The number of pyridine rings is 2. The van der Waals surface area contributed by atoms with Crippen LogP contribution in [0.3, 0.4) is 0 Å². The first kappa shape index (κ1) is 20.4. The third-order valence-electron chi connectivity index (χ3n) is 5.43. The van der Waals surface area contributed by atoms with E-state index >= 15 is 0 Å². The second-order valence-corrected chi connectivity index (χ2v) is 7.56. The Hall–Kier alpha value is -3.86. The number of nitrogens with zero attached hydrogens (tertiary/aromatic N) is 4. The Bertz CT molecular complexity index is 1260. The number of hydrogen-bond acceptors (Lipinski definition) is 6. The van der Waals surface area contributed by atoms with E-state index in [1.807, 2.05) is 26.0 Å². The molecule has 1 aromatic carbocycles. The van der Waals surface area contributed by atoms with E-state index in [2.05, 4.69) is 26.5 Å². The van der Waals surface area contributed by atoms with Gasteiger partial charge in [-0.2, -0.15) is 5.26 Å². The Morgan fingerprint density at radius 2 is 2.03 bits per heavy atom. The second kappa shape index (κ2) is 8.11. The van der Waals surface area contributed by atoms with Gasteiger partial charge in [-0.05, 0) is 55.0 Å². The van der Waals surface area contributed by atoms with Gasteiger partial charge in [0.2, 0.25) is 5.91 Å². The number of fused-ring (bicyclic) bond motifs is 1. The second-order valence-electron chi connectivity index (χ2n) is 7.56. The van der Waals surface area contributed by atoms with E-state index in [4.69, 9.17) is 5.21 Å². The molecule has 0 unspecified atom stereocenters. The highest BCUT2D eigenvalue weighted by Gasteiger charge is 2.43. The van der Waals surface area contributed by atoms with Crippen LogP contribution < -0.4 is 5.32 Å². The number of carbonyl (C=O) groups is 1. The quantitative estimate of drug-likeness (QED) is 0.364. The number of halogens is 1. The van der Waals surface area contributed by atoms with Crippen LogP contribution in [-0.2, 0) is 4.79 Å². The van der Waals surface area contributed by atoms with Crippen molar-refractivity contribution in [3.8, 4) is 17.2 Å². The number of oxime groups is 1. The number of aryl methyl sites for hydroxylation is 1. The number of nitriles is 1. The molecule has 4 rings (SSSR count). The molecule has 2 aromatic heterocycles. The molecule has 2 atom stereocenters. The van der Waals surface area contributed by atoms with E-state index < -0.39 is 12.1 Å². The number of nitrogens with one attached hydrogen (secondary N) is 1. The molecule has 3 aromatic rings. The molecule has 0 saturated heterocycles. The van der Waals surface area contributed by atoms with Gasteiger partial charge in [0.25, 0.3) is 0 Å². The summed E-state index contributed by atoms with van der Waals surface area (Å²) in [5.41, 5.74) is 3.90. The molecule has 1 amide bonds. The lowest BCUT2D eigenvalue weighted by atomic mass is 9.94. The lowest BCUT2D eigenvalue weighted by Gasteiger charge is -2.12. The molecule has 0 spiro atoms. The largest absolute Gasteiger partial charge is 0.411 e. The van der Waals surface area contributed by atoms with Gasteiger partial charge >= 0.3 is 0 Å². The molecule has 8 heteroatoms. The van der Waals surface area contributed by atoms with Crippen LogP contribution in [0, 0.1) is 24.2 Å². The highest BCUT2D eigenvalue weighted by molar-refractivity contribution is 5.99. The van der Waals surface area contributed by atoms with Gasteiger partial charge in [0.05, 0.1) is 23.2 Å². The molecule has 0 bridgehead atoms. The highest BCUT2D eigenvalue weighted by Crippen LogP contribution is 2.35. The number of benzene rings is 1. The zero-order chi connectivity index (χ0) is 22.1. The molecule has 2 N–H and O–H groups in total. The summed E-state index contributed by atoms with van der Waals surface area (Å²) in [6.45, 7) is 3.78. The standard InChI is InChI=1S/C23H20FN5O2/c1-3-20(29-31)21-4-12(2)18(11-26-21)16-6-15-10-27-22(7-13(15)5-14(16)9-25)28-23(30)17-8-19(17)24/h4-7,10-11,17,19,31H,3,8H2,1-2H3,(H,27,28,30)/b29-20-/t17-,19+/m1/s1. The molecule has 156 valence electrons. The van der Waals surface area contributed by atoms with Crippen molar-refractivity contribution in [1.29, 1.82) is 5.26 Å². The van der Waals surface area contributed by atoms with Gasteiger partial charge in [0.1, 0.15) is 17.7 Å². The summed E-state index contributed by atoms with van der Waals surface area (Å²) < 4.78 is 13.1. The average Bonchev–Trinajstić information content (AvgIpc) is 3.50. The Morgan fingerprint density at radius 1 is 1.26 bits per heavy atom. The summed E-state index contributed by atoms with van der Waals surface area (Å²) in [6, 6.07) is 9.31. The number of anilines is 1. The maximum absolute atomic E-state index is 13.1. The van der Waals surface area contributed by atoms with Gasteiger partial charge in [-0.25, -0.2) is 9.37 Å². The van der Waals surface area contributed by atoms with Crippen LogP contribution in [0.15, 0.2) is 41.8 Å². The summed E-state index contributed by atoms with van der Waals surface area (Å²) >= 11 is 0. The third-order valence-corrected chi connectivity index (χ3v) is 5.43. The van der Waals surface area contributed by atoms with E-state index in [0.717, 1.165) is 21.9 Å². The molecule has 1 aliphatic rings. The van der Waals surface area contributed by atoms with Crippen LogP contribution in [0.2, 0.25) is 0 Å². The summed E-state index contributed by atoms with van der Waals surface area (Å²) in [4.78, 5) is 20.6. The fourth-order valence-electron chi connectivity index (χ4n) is 3.53. The number of rotatable bonds is 5. The smallest absolute Gasteiger partial charge is 0.231 e. The average molecular weight is 417 g/mol. The molecule has 0 aliphatic heterocycles. The molecule has 0 radical (unpaired) electrons. The van der Waals surface area contributed by atoms with Crippen LogP contribution in [0.5, 0.6) is 0 Å². The summed E-state index contributed by atoms with van der Waals surface area (Å²) in [7, 11) is 0. The Kier molecular flexibility index (Phi) is 5.34. The normalized spacial score (nSPS) is 17.9. The van der Waals surface area contributed by atoms with Crippen LogP contribution in [0.1, 0.15) is 36.6 Å². The van der Waals surface area contributed by atoms with Crippen LogP contribution in [0.25, 0.3) is 21.9 Å². The lowest BCUT2D eigenvalue weighted by molar-refractivity contribution is -0.117. The molecule has 1 fully saturated rings. The predicted octanol–water partition coefficient (Wildman–Crippen LogP) is 4.36. The van der Waals surface area contributed by atoms with Gasteiger partial charge in [0.15, 0.2) is 0 Å². The molecular weight excluding hydrogens is 397 g/mol. The van der Waals surface area contributed by atoms with Crippen LogP contribution in [-0.4, -0.2) is 33.0 Å². The first-order valence-corrected chi connectivity index (χ1v) is 9.92. The minimum absolute atomic E-state index is 0.247. The van der Waals surface area contributed by atoms with Gasteiger partial charge in [-0.3, -0.25) is 9.78 Å². The van der Waals surface area contributed by atoms with Crippen molar-refractivity contribution in [3.63, 3.8) is 0 Å². The van der Waals surface area contributed by atoms with E-state index in [0.29, 0.717) is 34.8 Å². The number of aromatic nitrogens is 2. The SMILES string of the molecule is CC/C(=N/O)c1cc(C)c(-c2cc3cnc(NC(=O)[C@@H]4C[C@@H]4F)cc3cc2C#N)cn1. The number of alkyl halides is 1. The maximum atomic E-state index is 13.1. The van der Waals surface area contributed by atoms with Crippen molar-refractivity contribution in [1.82, 2.24) is 9.97 Å². The van der Waals surface area contributed by atoms with Crippen LogP contribution in [0.4, 0.5) is 10.2 Å². The summed E-state index contributed by atoms with van der Waals surface area (Å²) in [5.74, 6) is -0.654. The Balaban J connectivity index is 1.71. The van der Waals surface area contributed by atoms with Crippen LogP contribution >= 0.6 is 0 Å². The fourth-order valence-corrected chi connectivity index (χ4v) is 3.53. The van der Waals surface area contributed by atoms with E-state index in [1.54, 1.807) is 24.5 Å². The third kappa shape index (κ3) is 3.94. The zero-order valence-corrected chi connectivity index (χ0v) is 17.1. The minimum atomic E-state index is -1.08. The molecular formula is C23H20FN5O2. The van der Waals surface area contributed by atoms with Gasteiger partial charge in [-0.15, -0.1) is 0 Å².